The number of hydrogen-bond donors (Lipinski definition) is 2. The molecule has 1 aliphatic heterocycles. The van der Waals surface area contributed by atoms with Gasteiger partial charge in [0.1, 0.15) is 5.54 Å². The average molecular weight is 324 g/mol. The molecular weight excluding hydrogens is 296 g/mol. The third kappa shape index (κ3) is 4.70. The normalized spacial score (nSPS) is 27.8. The van der Waals surface area contributed by atoms with Gasteiger partial charge in [-0.15, -0.1) is 0 Å². The number of carboxylic acids is 1. The third-order valence-electron chi connectivity index (χ3n) is 4.53. The number of morpholine rings is 1. The number of rotatable bonds is 4. The van der Waals surface area contributed by atoms with E-state index in [2.05, 4.69) is 11.4 Å². The maximum atomic E-state index is 12.5. The Bertz CT molecular complexity index is 481. The van der Waals surface area contributed by atoms with Crippen molar-refractivity contribution >= 4 is 12.0 Å². The fourth-order valence-corrected chi connectivity index (χ4v) is 3.35. The molecule has 2 aliphatic rings. The highest BCUT2D eigenvalue weighted by molar-refractivity contribution is 5.86. The minimum Gasteiger partial charge on any atom is -0.480 e. The molecule has 0 spiro atoms. The quantitative estimate of drug-likeness (QED) is 0.779. The molecule has 2 amide bonds. The van der Waals surface area contributed by atoms with Crippen molar-refractivity contribution in [2.45, 2.75) is 70.6 Å². The van der Waals surface area contributed by atoms with Gasteiger partial charge in [0.15, 0.2) is 0 Å². The summed E-state index contributed by atoms with van der Waals surface area (Å²) in [4.78, 5) is 25.9. The van der Waals surface area contributed by atoms with Crippen LogP contribution in [0.5, 0.6) is 0 Å². The van der Waals surface area contributed by atoms with Gasteiger partial charge in [0.05, 0.1) is 12.2 Å². The zero-order chi connectivity index (χ0) is 17.0. The molecule has 3 atom stereocenters. The number of carbonyl (C=O) groups is 2. The molecule has 2 N–H and O–H groups in total. The largest absolute Gasteiger partial charge is 0.480 e. The molecule has 0 aromatic heterocycles. The summed E-state index contributed by atoms with van der Waals surface area (Å²) in [5, 5.41) is 12.4. The van der Waals surface area contributed by atoms with E-state index in [-0.39, 0.29) is 18.2 Å². The molecule has 2 rings (SSSR count). The monoisotopic (exact) mass is 324 g/mol. The lowest BCUT2D eigenvalue weighted by Crippen LogP contribution is -2.59. The highest BCUT2D eigenvalue weighted by atomic mass is 16.5. The molecule has 1 heterocycles. The van der Waals surface area contributed by atoms with Crippen molar-refractivity contribution in [3.05, 3.63) is 11.6 Å². The van der Waals surface area contributed by atoms with Crippen LogP contribution in [0.25, 0.3) is 0 Å². The summed E-state index contributed by atoms with van der Waals surface area (Å²) in [6, 6.07) is -0.326. The van der Waals surface area contributed by atoms with Crippen molar-refractivity contribution in [1.82, 2.24) is 10.2 Å². The molecule has 1 saturated heterocycles. The summed E-state index contributed by atoms with van der Waals surface area (Å²) in [6.45, 7) is 6.39. The summed E-state index contributed by atoms with van der Waals surface area (Å²) in [6.07, 6.45) is 6.57. The molecule has 6 heteroatoms. The number of allylic oxidation sites excluding steroid dienone is 1. The second kappa shape index (κ2) is 7.34. The van der Waals surface area contributed by atoms with Crippen molar-refractivity contribution in [2.75, 3.05) is 13.1 Å². The SMILES string of the molecule is C[C@@H]1CN(C(=O)NC(C)(CC2=CCCCC2)C(=O)O)C[C@H](C)O1. The van der Waals surface area contributed by atoms with Gasteiger partial charge in [-0.05, 0) is 46.5 Å². The van der Waals surface area contributed by atoms with Gasteiger partial charge in [-0.3, -0.25) is 0 Å². The number of ether oxygens (including phenoxy) is 1. The number of amides is 2. The van der Waals surface area contributed by atoms with E-state index in [1.165, 1.54) is 0 Å². The first-order valence-corrected chi connectivity index (χ1v) is 8.44. The Balaban J connectivity index is 2.04. The predicted molar refractivity (Wildman–Crippen MR) is 87.3 cm³/mol. The first kappa shape index (κ1) is 17.8. The Morgan fingerprint density at radius 3 is 2.52 bits per heavy atom. The van der Waals surface area contributed by atoms with Crippen LogP contribution in [0.2, 0.25) is 0 Å². The number of carbonyl (C=O) groups excluding carboxylic acids is 1. The van der Waals surface area contributed by atoms with Gasteiger partial charge < -0.3 is 20.1 Å². The van der Waals surface area contributed by atoms with Gasteiger partial charge >= 0.3 is 12.0 Å². The molecule has 0 saturated carbocycles. The van der Waals surface area contributed by atoms with Crippen LogP contribution in [0, 0.1) is 0 Å². The van der Waals surface area contributed by atoms with Gasteiger partial charge in [0.25, 0.3) is 0 Å². The van der Waals surface area contributed by atoms with E-state index in [0.29, 0.717) is 19.5 Å². The Kier molecular flexibility index (Phi) is 5.68. The fourth-order valence-electron chi connectivity index (χ4n) is 3.35. The van der Waals surface area contributed by atoms with Crippen LogP contribution in [-0.4, -0.2) is 52.8 Å². The molecule has 0 aromatic carbocycles. The van der Waals surface area contributed by atoms with Crippen LogP contribution < -0.4 is 5.32 Å². The summed E-state index contributed by atoms with van der Waals surface area (Å²) in [5.74, 6) is -0.994. The van der Waals surface area contributed by atoms with Gasteiger partial charge in [-0.25, -0.2) is 9.59 Å². The fraction of sp³-hybridized carbons (Fsp3) is 0.765. The molecule has 1 aliphatic carbocycles. The number of nitrogens with zero attached hydrogens (tertiary/aromatic N) is 1. The van der Waals surface area contributed by atoms with Gasteiger partial charge in [0.2, 0.25) is 0 Å². The standard InChI is InChI=1S/C17H28N2O4/c1-12-10-19(11-13(2)23-12)16(22)18-17(3,15(20)21)9-14-7-5-4-6-8-14/h7,12-13H,4-6,8-11H2,1-3H3,(H,18,22)(H,20,21)/t12-,13+,17?. The van der Waals surface area contributed by atoms with E-state index in [9.17, 15) is 14.7 Å². The summed E-state index contributed by atoms with van der Waals surface area (Å²) >= 11 is 0. The summed E-state index contributed by atoms with van der Waals surface area (Å²) < 4.78 is 5.62. The van der Waals surface area contributed by atoms with Crippen molar-refractivity contribution < 1.29 is 19.4 Å². The van der Waals surface area contributed by atoms with E-state index in [1.807, 2.05) is 13.8 Å². The molecule has 6 nitrogen and oxygen atoms in total. The molecule has 1 unspecified atom stereocenters. The topological polar surface area (TPSA) is 78.9 Å². The third-order valence-corrected chi connectivity index (χ3v) is 4.53. The van der Waals surface area contributed by atoms with Crippen molar-refractivity contribution in [3.63, 3.8) is 0 Å². The number of urea groups is 1. The zero-order valence-corrected chi connectivity index (χ0v) is 14.3. The first-order valence-electron chi connectivity index (χ1n) is 8.44. The number of aliphatic carboxylic acids is 1. The van der Waals surface area contributed by atoms with Crippen LogP contribution in [-0.2, 0) is 9.53 Å². The van der Waals surface area contributed by atoms with E-state index < -0.39 is 11.5 Å². The lowest BCUT2D eigenvalue weighted by molar-refractivity contribution is -0.143. The zero-order valence-electron chi connectivity index (χ0n) is 14.3. The molecule has 0 bridgehead atoms. The van der Waals surface area contributed by atoms with Crippen molar-refractivity contribution in [1.29, 1.82) is 0 Å². The lowest BCUT2D eigenvalue weighted by Gasteiger charge is -2.37. The van der Waals surface area contributed by atoms with E-state index in [4.69, 9.17) is 4.74 Å². The minimum atomic E-state index is -1.27. The van der Waals surface area contributed by atoms with Crippen LogP contribution in [0.1, 0.15) is 52.9 Å². The molecular formula is C17H28N2O4. The van der Waals surface area contributed by atoms with E-state index >= 15 is 0 Å². The Morgan fingerprint density at radius 1 is 1.35 bits per heavy atom. The predicted octanol–water partition coefficient (Wildman–Crippen LogP) is 2.54. The average Bonchev–Trinajstić information content (AvgIpc) is 2.47. The van der Waals surface area contributed by atoms with Crippen LogP contribution in [0.4, 0.5) is 4.79 Å². The molecule has 0 radical (unpaired) electrons. The van der Waals surface area contributed by atoms with Gasteiger partial charge in [-0.2, -0.15) is 0 Å². The second-order valence-corrected chi connectivity index (χ2v) is 7.01. The highest BCUT2D eigenvalue weighted by Crippen LogP contribution is 2.26. The maximum absolute atomic E-state index is 12.5. The van der Waals surface area contributed by atoms with Crippen molar-refractivity contribution in [3.8, 4) is 0 Å². The van der Waals surface area contributed by atoms with Crippen molar-refractivity contribution in [2.24, 2.45) is 0 Å². The number of hydrogen-bond acceptors (Lipinski definition) is 3. The minimum absolute atomic E-state index is 0.0402. The number of nitrogens with one attached hydrogen (secondary N) is 1. The summed E-state index contributed by atoms with van der Waals surface area (Å²) in [7, 11) is 0. The van der Waals surface area contributed by atoms with Gasteiger partial charge in [-0.1, -0.05) is 11.6 Å². The molecule has 130 valence electrons. The van der Waals surface area contributed by atoms with Crippen LogP contribution >= 0.6 is 0 Å². The number of carboxylic acid groups (broad SMARTS) is 1. The van der Waals surface area contributed by atoms with E-state index in [0.717, 1.165) is 31.3 Å². The molecule has 1 fully saturated rings. The highest BCUT2D eigenvalue weighted by Gasteiger charge is 2.38. The Morgan fingerprint density at radius 2 is 2.00 bits per heavy atom. The Hall–Kier alpha value is -1.56. The molecule has 23 heavy (non-hydrogen) atoms. The van der Waals surface area contributed by atoms with Crippen LogP contribution in [0.3, 0.4) is 0 Å². The maximum Gasteiger partial charge on any atom is 0.329 e. The van der Waals surface area contributed by atoms with Crippen LogP contribution in [0.15, 0.2) is 11.6 Å². The first-order chi connectivity index (χ1) is 10.8. The summed E-state index contributed by atoms with van der Waals surface area (Å²) in [5.41, 5.74) is -0.143. The Labute approximate surface area is 137 Å². The lowest BCUT2D eigenvalue weighted by atomic mass is 9.87. The molecule has 0 aromatic rings. The van der Waals surface area contributed by atoms with E-state index in [1.54, 1.807) is 11.8 Å². The smallest absolute Gasteiger partial charge is 0.329 e. The second-order valence-electron chi connectivity index (χ2n) is 7.01. The van der Waals surface area contributed by atoms with Gasteiger partial charge in [0, 0.05) is 19.5 Å².